The number of hydrogen-bond acceptors (Lipinski definition) is 3. The van der Waals surface area contributed by atoms with E-state index in [1.165, 1.54) is 0 Å². The Morgan fingerprint density at radius 2 is 1.92 bits per heavy atom. The van der Waals surface area contributed by atoms with Crippen LogP contribution in [0.3, 0.4) is 0 Å². The second kappa shape index (κ2) is 11.0. The van der Waals surface area contributed by atoms with Crippen LogP contribution in [0.2, 0.25) is 5.02 Å². The zero-order valence-electron chi connectivity index (χ0n) is 14.4. The monoisotopic (exact) mass is 354 g/mol. The van der Waals surface area contributed by atoms with Crippen molar-refractivity contribution in [1.29, 1.82) is 0 Å². The highest BCUT2D eigenvalue weighted by atomic mass is 35.5. The molecule has 1 aromatic carbocycles. The number of nitrogens with one attached hydrogen (secondary N) is 1. The largest absolute Gasteiger partial charge is 0.544 e. The lowest BCUT2D eigenvalue weighted by Crippen LogP contribution is -2.94. The lowest BCUT2D eigenvalue weighted by molar-refractivity contribution is -0.687. The fourth-order valence-corrected chi connectivity index (χ4v) is 2.67. The van der Waals surface area contributed by atoms with Crippen molar-refractivity contribution in [2.24, 2.45) is 5.92 Å². The van der Waals surface area contributed by atoms with Gasteiger partial charge in [-0.05, 0) is 37.1 Å². The van der Waals surface area contributed by atoms with Crippen LogP contribution in [-0.4, -0.2) is 24.5 Å². The number of aliphatic carboxylic acids is 1. The highest BCUT2D eigenvalue weighted by molar-refractivity contribution is 6.30. The third-order valence-corrected chi connectivity index (χ3v) is 4.39. The summed E-state index contributed by atoms with van der Waals surface area (Å²) < 4.78 is 0. The summed E-state index contributed by atoms with van der Waals surface area (Å²) in [6, 6.07) is 5.82. The quantitative estimate of drug-likeness (QED) is 0.632. The van der Waals surface area contributed by atoms with Gasteiger partial charge in [0.05, 0.1) is 18.9 Å². The number of unbranched alkanes of at least 4 members (excludes halogenated alkanes) is 1. The standard InChI is InChI=1S/C18H27ClN2O3/c1-3-5-6-13(4-2)12-20-16(18(23)24)11-17(22)21-15-9-7-14(19)8-10-15/h7-10,13,16,20H,3-6,11-12H2,1-2H3,(H,21,22)(H,23,24)/t13-,16-/m1/s1. The van der Waals surface area contributed by atoms with Crippen LogP contribution in [0.1, 0.15) is 46.0 Å². The molecule has 0 aromatic heterocycles. The van der Waals surface area contributed by atoms with E-state index in [2.05, 4.69) is 19.2 Å². The number of carboxylic acid groups (broad SMARTS) is 1. The van der Waals surface area contributed by atoms with Crippen LogP contribution in [0.4, 0.5) is 5.69 Å². The van der Waals surface area contributed by atoms with E-state index in [0.29, 0.717) is 23.2 Å². The number of rotatable bonds is 11. The Morgan fingerprint density at radius 1 is 1.25 bits per heavy atom. The Bertz CT molecular complexity index is 520. The summed E-state index contributed by atoms with van der Waals surface area (Å²) in [5.41, 5.74) is 0.593. The van der Waals surface area contributed by atoms with Crippen LogP contribution in [-0.2, 0) is 9.59 Å². The molecule has 1 rings (SSSR count). The van der Waals surface area contributed by atoms with E-state index in [0.717, 1.165) is 25.7 Å². The summed E-state index contributed by atoms with van der Waals surface area (Å²) in [6.45, 7) is 4.94. The van der Waals surface area contributed by atoms with Gasteiger partial charge in [0.25, 0.3) is 0 Å². The molecule has 0 aliphatic rings. The molecule has 5 nitrogen and oxygen atoms in total. The maximum Gasteiger partial charge on any atom is 0.230 e. The summed E-state index contributed by atoms with van der Waals surface area (Å²) >= 11 is 5.79. The predicted octanol–water partition coefficient (Wildman–Crippen LogP) is 1.57. The molecule has 24 heavy (non-hydrogen) atoms. The Kier molecular flexibility index (Phi) is 9.42. The molecule has 0 bridgehead atoms. The molecule has 0 unspecified atom stereocenters. The van der Waals surface area contributed by atoms with Crippen molar-refractivity contribution in [3.05, 3.63) is 29.3 Å². The Balaban J connectivity index is 2.50. The summed E-state index contributed by atoms with van der Waals surface area (Å²) in [6.07, 6.45) is 4.24. The molecule has 1 amide bonds. The minimum absolute atomic E-state index is 0.116. The molecule has 2 atom stereocenters. The molecule has 0 saturated heterocycles. The Morgan fingerprint density at radius 3 is 2.46 bits per heavy atom. The molecule has 0 saturated carbocycles. The fraction of sp³-hybridized carbons (Fsp3) is 0.556. The Hall–Kier alpha value is -1.59. The zero-order valence-corrected chi connectivity index (χ0v) is 15.1. The van der Waals surface area contributed by atoms with Crippen molar-refractivity contribution in [2.45, 2.75) is 52.0 Å². The van der Waals surface area contributed by atoms with Crippen molar-refractivity contribution in [2.75, 3.05) is 11.9 Å². The number of quaternary nitrogens is 1. The number of benzene rings is 1. The maximum atomic E-state index is 12.0. The number of halogens is 1. The van der Waals surface area contributed by atoms with Crippen molar-refractivity contribution in [1.82, 2.24) is 0 Å². The van der Waals surface area contributed by atoms with Crippen LogP contribution >= 0.6 is 11.6 Å². The molecule has 0 fully saturated rings. The number of carboxylic acids is 1. The smallest absolute Gasteiger partial charge is 0.230 e. The average molecular weight is 355 g/mol. The second-order valence-electron chi connectivity index (χ2n) is 6.07. The molecule has 6 heteroatoms. The van der Waals surface area contributed by atoms with Crippen LogP contribution in [0.15, 0.2) is 24.3 Å². The lowest BCUT2D eigenvalue weighted by atomic mass is 9.99. The SMILES string of the molecule is CCCC[C@@H](CC)C[NH2+][C@H](CC(=O)Nc1ccc(Cl)cc1)C(=O)[O-]. The van der Waals surface area contributed by atoms with Crippen LogP contribution < -0.4 is 15.7 Å². The molecule has 0 aliphatic carbocycles. The lowest BCUT2D eigenvalue weighted by Gasteiger charge is -2.20. The van der Waals surface area contributed by atoms with E-state index in [4.69, 9.17) is 11.6 Å². The van der Waals surface area contributed by atoms with E-state index >= 15 is 0 Å². The van der Waals surface area contributed by atoms with Crippen molar-refractivity contribution < 1.29 is 20.0 Å². The second-order valence-corrected chi connectivity index (χ2v) is 6.51. The van der Waals surface area contributed by atoms with Gasteiger partial charge < -0.3 is 20.5 Å². The van der Waals surface area contributed by atoms with Gasteiger partial charge in [0.2, 0.25) is 5.91 Å². The number of anilines is 1. The van der Waals surface area contributed by atoms with Gasteiger partial charge in [-0.15, -0.1) is 0 Å². The van der Waals surface area contributed by atoms with Gasteiger partial charge in [0.1, 0.15) is 6.04 Å². The van der Waals surface area contributed by atoms with E-state index in [1.54, 1.807) is 29.6 Å². The van der Waals surface area contributed by atoms with Crippen molar-refractivity contribution >= 4 is 29.2 Å². The first-order chi connectivity index (χ1) is 11.5. The van der Waals surface area contributed by atoms with E-state index in [9.17, 15) is 14.7 Å². The first kappa shape index (κ1) is 20.5. The molecule has 0 spiro atoms. The summed E-state index contributed by atoms with van der Waals surface area (Å²) in [5, 5.41) is 16.3. The molecule has 0 heterocycles. The van der Waals surface area contributed by atoms with E-state index in [-0.39, 0.29) is 12.3 Å². The van der Waals surface area contributed by atoms with Crippen LogP contribution in [0.5, 0.6) is 0 Å². The van der Waals surface area contributed by atoms with Gasteiger partial charge in [-0.2, -0.15) is 0 Å². The normalized spacial score (nSPS) is 13.3. The minimum Gasteiger partial charge on any atom is -0.544 e. The van der Waals surface area contributed by atoms with Gasteiger partial charge in [0.15, 0.2) is 0 Å². The van der Waals surface area contributed by atoms with Gasteiger partial charge in [-0.1, -0.05) is 38.3 Å². The zero-order chi connectivity index (χ0) is 17.9. The molecule has 0 aliphatic heterocycles. The van der Waals surface area contributed by atoms with Crippen LogP contribution in [0.25, 0.3) is 0 Å². The maximum absolute atomic E-state index is 12.0. The fourth-order valence-electron chi connectivity index (χ4n) is 2.55. The van der Waals surface area contributed by atoms with Crippen molar-refractivity contribution in [3.8, 4) is 0 Å². The third-order valence-electron chi connectivity index (χ3n) is 4.13. The van der Waals surface area contributed by atoms with E-state index in [1.807, 2.05) is 0 Å². The van der Waals surface area contributed by atoms with Gasteiger partial charge in [-0.25, -0.2) is 0 Å². The van der Waals surface area contributed by atoms with E-state index < -0.39 is 12.0 Å². The Labute approximate surface area is 148 Å². The number of carbonyl (C=O) groups is 2. The number of hydrogen-bond donors (Lipinski definition) is 2. The molecule has 1 aromatic rings. The molecule has 3 N–H and O–H groups in total. The summed E-state index contributed by atoms with van der Waals surface area (Å²) in [5.74, 6) is -1.08. The topological polar surface area (TPSA) is 85.8 Å². The molecular formula is C18H27ClN2O3. The first-order valence-electron chi connectivity index (χ1n) is 8.55. The van der Waals surface area contributed by atoms with Crippen molar-refractivity contribution in [3.63, 3.8) is 0 Å². The number of nitrogens with two attached hydrogens (primary N) is 1. The van der Waals surface area contributed by atoms with Gasteiger partial charge in [-0.3, -0.25) is 4.79 Å². The number of carbonyl (C=O) groups excluding carboxylic acids is 2. The number of amides is 1. The van der Waals surface area contributed by atoms with Gasteiger partial charge >= 0.3 is 0 Å². The highest BCUT2D eigenvalue weighted by Gasteiger charge is 2.20. The molecule has 0 radical (unpaired) electrons. The molecule has 134 valence electrons. The van der Waals surface area contributed by atoms with Crippen LogP contribution in [0, 0.1) is 5.92 Å². The highest BCUT2D eigenvalue weighted by Crippen LogP contribution is 2.13. The summed E-state index contributed by atoms with van der Waals surface area (Å²) in [7, 11) is 0. The minimum atomic E-state index is -1.20. The molecular weight excluding hydrogens is 328 g/mol. The predicted molar refractivity (Wildman–Crippen MR) is 93.6 cm³/mol. The average Bonchev–Trinajstić information content (AvgIpc) is 2.55. The van der Waals surface area contributed by atoms with Gasteiger partial charge in [0, 0.05) is 16.6 Å². The third kappa shape index (κ3) is 7.79. The summed E-state index contributed by atoms with van der Waals surface area (Å²) in [4.78, 5) is 23.4. The first-order valence-corrected chi connectivity index (χ1v) is 8.93.